The SMILES string of the molecule is Cc1cc([N+](=O)[O-])c(-c2ccc(C=NN=C(N)N[N+](=O)[O-])o2)cc1Cl. The van der Waals surface area contributed by atoms with Crippen molar-refractivity contribution < 1.29 is 14.4 Å². The van der Waals surface area contributed by atoms with Crippen molar-refractivity contribution in [3.63, 3.8) is 0 Å². The van der Waals surface area contributed by atoms with E-state index in [1.165, 1.54) is 24.3 Å². The molecule has 1 aromatic heterocycles. The molecule has 0 bridgehead atoms. The molecular formula is C13H11ClN6O5. The zero-order valence-electron chi connectivity index (χ0n) is 12.7. The number of nitro benzene ring substituents is 1. The van der Waals surface area contributed by atoms with Crippen LogP contribution in [0.3, 0.4) is 0 Å². The summed E-state index contributed by atoms with van der Waals surface area (Å²) in [6.45, 7) is 1.65. The van der Waals surface area contributed by atoms with E-state index in [1.807, 2.05) is 0 Å². The minimum absolute atomic E-state index is 0.155. The van der Waals surface area contributed by atoms with Gasteiger partial charge in [0.2, 0.25) is 0 Å². The van der Waals surface area contributed by atoms with Gasteiger partial charge < -0.3 is 10.2 Å². The Balaban J connectivity index is 2.29. The molecule has 12 heteroatoms. The fraction of sp³-hybridized carbons (Fsp3) is 0.0769. The smallest absolute Gasteiger partial charge is 0.280 e. The van der Waals surface area contributed by atoms with Crippen molar-refractivity contribution in [3.05, 3.63) is 60.8 Å². The molecule has 0 fully saturated rings. The van der Waals surface area contributed by atoms with Gasteiger partial charge >= 0.3 is 0 Å². The van der Waals surface area contributed by atoms with Gasteiger partial charge in [-0.25, -0.2) is 10.1 Å². The number of hydrogen-bond donors (Lipinski definition) is 2. The molecule has 2 rings (SSSR count). The summed E-state index contributed by atoms with van der Waals surface area (Å²) in [4.78, 5) is 20.8. The van der Waals surface area contributed by atoms with Crippen molar-refractivity contribution >= 4 is 29.5 Å². The van der Waals surface area contributed by atoms with Crippen molar-refractivity contribution in [2.75, 3.05) is 0 Å². The Labute approximate surface area is 145 Å². The lowest BCUT2D eigenvalue weighted by atomic mass is 10.1. The molecule has 0 amide bonds. The number of hydrogen-bond acceptors (Lipinski definition) is 7. The highest BCUT2D eigenvalue weighted by molar-refractivity contribution is 6.31. The highest BCUT2D eigenvalue weighted by Crippen LogP contribution is 2.35. The van der Waals surface area contributed by atoms with Crippen LogP contribution in [-0.2, 0) is 0 Å². The van der Waals surface area contributed by atoms with Gasteiger partial charge in [-0.1, -0.05) is 17.0 Å². The standard InChI is InChI=1S/C13H11ClN6O5/c1-7-4-11(19(21)22)9(5-10(7)14)12-3-2-8(25-12)6-16-17-13(15)18-20(23)24/h2-6H,1H3,(H3,15,17,18). The van der Waals surface area contributed by atoms with Gasteiger partial charge in [-0.05, 0) is 30.7 Å². The summed E-state index contributed by atoms with van der Waals surface area (Å²) in [5.41, 5.74) is 7.40. The number of nitrogens with two attached hydrogens (primary N) is 1. The Bertz CT molecular complexity index is 891. The predicted octanol–water partition coefficient (Wildman–Crippen LogP) is 2.25. The molecule has 1 heterocycles. The average molecular weight is 367 g/mol. The lowest BCUT2D eigenvalue weighted by Crippen LogP contribution is -2.35. The van der Waals surface area contributed by atoms with Crippen molar-refractivity contribution in [1.29, 1.82) is 0 Å². The molecule has 25 heavy (non-hydrogen) atoms. The summed E-state index contributed by atoms with van der Waals surface area (Å²) in [5.74, 6) is -0.108. The number of hydrazine groups is 1. The van der Waals surface area contributed by atoms with Crippen molar-refractivity contribution in [2.45, 2.75) is 6.92 Å². The maximum atomic E-state index is 11.2. The first-order chi connectivity index (χ1) is 11.8. The second-order valence-electron chi connectivity index (χ2n) is 4.68. The van der Waals surface area contributed by atoms with Gasteiger partial charge in [0.1, 0.15) is 11.5 Å². The van der Waals surface area contributed by atoms with Crippen LogP contribution in [0.1, 0.15) is 11.3 Å². The number of rotatable bonds is 5. The van der Waals surface area contributed by atoms with Gasteiger partial charge in [-0.15, -0.1) is 5.10 Å². The second kappa shape index (κ2) is 7.40. The molecule has 130 valence electrons. The minimum Gasteiger partial charge on any atom is -0.455 e. The molecule has 0 unspecified atom stereocenters. The normalized spacial score (nSPS) is 11.7. The fourth-order valence-corrected chi connectivity index (χ4v) is 2.01. The average Bonchev–Trinajstić information content (AvgIpc) is 2.97. The van der Waals surface area contributed by atoms with E-state index in [9.17, 15) is 20.2 Å². The zero-order chi connectivity index (χ0) is 18.6. The number of nitro groups is 2. The van der Waals surface area contributed by atoms with Crippen LogP contribution in [-0.4, -0.2) is 22.1 Å². The third-order valence-electron chi connectivity index (χ3n) is 2.92. The number of guanidine groups is 1. The van der Waals surface area contributed by atoms with Gasteiger partial charge in [-0.3, -0.25) is 10.1 Å². The molecule has 0 aliphatic heterocycles. The van der Waals surface area contributed by atoms with Crippen LogP contribution in [0.5, 0.6) is 0 Å². The first kappa shape index (κ1) is 17.9. The third-order valence-corrected chi connectivity index (χ3v) is 3.33. The molecule has 3 N–H and O–H groups in total. The summed E-state index contributed by atoms with van der Waals surface area (Å²) in [5, 5.41) is 27.7. The van der Waals surface area contributed by atoms with Crippen LogP contribution in [0.15, 0.2) is 38.9 Å². The molecule has 2 aromatic rings. The van der Waals surface area contributed by atoms with Crippen LogP contribution in [0.25, 0.3) is 11.3 Å². The molecule has 0 atom stereocenters. The van der Waals surface area contributed by atoms with Crippen molar-refractivity contribution in [2.24, 2.45) is 15.9 Å². The van der Waals surface area contributed by atoms with Gasteiger partial charge in [0.15, 0.2) is 5.03 Å². The molecular weight excluding hydrogens is 356 g/mol. The number of benzene rings is 1. The number of nitrogens with zero attached hydrogens (tertiary/aromatic N) is 4. The maximum absolute atomic E-state index is 11.2. The highest BCUT2D eigenvalue weighted by Gasteiger charge is 2.20. The van der Waals surface area contributed by atoms with Crippen LogP contribution in [0, 0.1) is 27.2 Å². The van der Waals surface area contributed by atoms with Gasteiger partial charge in [0.05, 0.1) is 16.7 Å². The lowest BCUT2D eigenvalue weighted by molar-refractivity contribution is -0.525. The molecule has 0 aliphatic rings. The van der Waals surface area contributed by atoms with E-state index in [0.29, 0.717) is 10.6 Å². The largest absolute Gasteiger partial charge is 0.455 e. The van der Waals surface area contributed by atoms with Gasteiger partial charge in [-0.2, -0.15) is 5.10 Å². The van der Waals surface area contributed by atoms with E-state index in [4.69, 9.17) is 21.8 Å². The summed E-state index contributed by atoms with van der Waals surface area (Å²) in [6.07, 6.45) is 1.14. The van der Waals surface area contributed by atoms with Crippen molar-refractivity contribution in [3.8, 4) is 11.3 Å². The van der Waals surface area contributed by atoms with E-state index in [0.717, 1.165) is 6.21 Å². The molecule has 11 nitrogen and oxygen atoms in total. The molecule has 0 aliphatic carbocycles. The Morgan fingerprint density at radius 3 is 2.72 bits per heavy atom. The molecule has 1 aromatic carbocycles. The van der Waals surface area contributed by atoms with E-state index in [1.54, 1.807) is 12.3 Å². The number of nitrogens with one attached hydrogen (secondary N) is 1. The Hall–Kier alpha value is -3.47. The second-order valence-corrected chi connectivity index (χ2v) is 5.08. The fourth-order valence-electron chi connectivity index (χ4n) is 1.85. The Kier molecular flexibility index (Phi) is 5.29. The van der Waals surface area contributed by atoms with Crippen LogP contribution >= 0.6 is 11.6 Å². The number of furan rings is 1. The van der Waals surface area contributed by atoms with Crippen LogP contribution in [0.2, 0.25) is 5.02 Å². The molecule has 0 radical (unpaired) electrons. The summed E-state index contributed by atoms with van der Waals surface area (Å²) in [6, 6.07) is 5.77. The maximum Gasteiger partial charge on any atom is 0.280 e. The summed E-state index contributed by atoms with van der Waals surface area (Å²) >= 11 is 6.02. The monoisotopic (exact) mass is 366 g/mol. The predicted molar refractivity (Wildman–Crippen MR) is 89.9 cm³/mol. The molecule has 0 saturated heterocycles. The highest BCUT2D eigenvalue weighted by atomic mass is 35.5. The summed E-state index contributed by atoms with van der Waals surface area (Å²) in [7, 11) is 0. The number of halogens is 1. The zero-order valence-corrected chi connectivity index (χ0v) is 13.4. The Morgan fingerprint density at radius 2 is 2.08 bits per heavy atom. The third kappa shape index (κ3) is 4.51. The first-order valence-electron chi connectivity index (χ1n) is 6.60. The van der Waals surface area contributed by atoms with E-state index in [-0.39, 0.29) is 22.8 Å². The topological polar surface area (TPSA) is 162 Å². The quantitative estimate of drug-likeness (QED) is 0.354. The van der Waals surface area contributed by atoms with Crippen LogP contribution in [0.4, 0.5) is 5.69 Å². The van der Waals surface area contributed by atoms with E-state index < -0.39 is 15.9 Å². The van der Waals surface area contributed by atoms with E-state index >= 15 is 0 Å². The molecule has 0 saturated carbocycles. The first-order valence-corrected chi connectivity index (χ1v) is 6.98. The van der Waals surface area contributed by atoms with Gasteiger partial charge in [0, 0.05) is 11.1 Å². The summed E-state index contributed by atoms with van der Waals surface area (Å²) < 4.78 is 5.44. The minimum atomic E-state index is -0.889. The van der Waals surface area contributed by atoms with Gasteiger partial charge in [0.25, 0.3) is 11.6 Å². The lowest BCUT2D eigenvalue weighted by Gasteiger charge is -2.03. The number of aryl methyl sites for hydroxylation is 1. The van der Waals surface area contributed by atoms with Crippen LogP contribution < -0.4 is 11.2 Å². The Morgan fingerprint density at radius 1 is 1.36 bits per heavy atom. The molecule has 0 spiro atoms. The van der Waals surface area contributed by atoms with Crippen molar-refractivity contribution in [1.82, 2.24) is 5.43 Å². The van der Waals surface area contributed by atoms with E-state index in [2.05, 4.69) is 10.2 Å².